The third kappa shape index (κ3) is 2.53. The van der Waals surface area contributed by atoms with Gasteiger partial charge in [-0.05, 0) is 17.7 Å². The number of benzene rings is 1. The molecule has 1 rings (SSSR count). The van der Waals surface area contributed by atoms with Gasteiger partial charge in [0.15, 0.2) is 0 Å². The van der Waals surface area contributed by atoms with Crippen LogP contribution in [0.1, 0.15) is 11.6 Å². The lowest BCUT2D eigenvalue weighted by atomic mass is 10.1. The molecule has 0 radical (unpaired) electrons. The number of hydrogen-bond donors (Lipinski definition) is 1. The maximum atomic E-state index is 12.2. The number of nitrogens with two attached hydrogens (primary N) is 1. The Labute approximate surface area is 88.6 Å². The van der Waals surface area contributed by atoms with Crippen LogP contribution < -0.4 is 5.73 Å². The molecule has 0 spiro atoms. The largest absolute Gasteiger partial charge is 0.407 e. The van der Waals surface area contributed by atoms with Crippen molar-refractivity contribution in [2.24, 2.45) is 5.73 Å². The van der Waals surface area contributed by atoms with E-state index < -0.39 is 12.2 Å². The Morgan fingerprint density at radius 1 is 1.21 bits per heavy atom. The molecule has 78 valence electrons. The zero-order chi connectivity index (χ0) is 10.9. The summed E-state index contributed by atoms with van der Waals surface area (Å²) in [5.74, 6) is 0. The molecule has 0 fully saturated rings. The summed E-state index contributed by atoms with van der Waals surface area (Å²) in [6.07, 6.45) is -4.50. The molecule has 0 aliphatic carbocycles. The molecule has 0 amide bonds. The molecule has 0 aliphatic heterocycles. The van der Waals surface area contributed by atoms with Crippen LogP contribution in [0.4, 0.5) is 13.2 Å². The maximum Gasteiger partial charge on any atom is 0.407 e. The van der Waals surface area contributed by atoms with E-state index in [0.717, 1.165) is 0 Å². The SMILES string of the molecule is N[C@H](c1ccc(Cl)cc1Cl)C(F)(F)F. The summed E-state index contributed by atoms with van der Waals surface area (Å²) in [7, 11) is 0. The van der Waals surface area contributed by atoms with Crippen LogP contribution in [-0.2, 0) is 0 Å². The van der Waals surface area contributed by atoms with Gasteiger partial charge in [-0.3, -0.25) is 0 Å². The molecular formula is C8H6Cl2F3N. The lowest BCUT2D eigenvalue weighted by Gasteiger charge is -2.16. The van der Waals surface area contributed by atoms with Gasteiger partial charge in [0.2, 0.25) is 0 Å². The topological polar surface area (TPSA) is 26.0 Å². The fourth-order valence-electron chi connectivity index (χ4n) is 0.930. The van der Waals surface area contributed by atoms with Crippen LogP contribution in [-0.4, -0.2) is 6.18 Å². The minimum atomic E-state index is -4.50. The lowest BCUT2D eigenvalue weighted by Crippen LogP contribution is -2.28. The minimum absolute atomic E-state index is 0.0812. The van der Waals surface area contributed by atoms with Crippen molar-refractivity contribution in [1.29, 1.82) is 0 Å². The van der Waals surface area contributed by atoms with E-state index in [4.69, 9.17) is 28.9 Å². The Bertz CT molecular complexity index is 338. The Kier molecular flexibility index (Phi) is 3.29. The first-order valence-corrected chi connectivity index (χ1v) is 4.35. The molecule has 2 N–H and O–H groups in total. The summed E-state index contributed by atoms with van der Waals surface area (Å²) in [4.78, 5) is 0. The van der Waals surface area contributed by atoms with Gasteiger partial charge >= 0.3 is 6.18 Å². The second-order valence-corrected chi connectivity index (χ2v) is 3.53. The van der Waals surface area contributed by atoms with Crippen LogP contribution in [0.5, 0.6) is 0 Å². The third-order valence-electron chi connectivity index (χ3n) is 1.65. The minimum Gasteiger partial charge on any atom is -0.316 e. The highest BCUT2D eigenvalue weighted by atomic mass is 35.5. The molecule has 0 aliphatic rings. The quantitative estimate of drug-likeness (QED) is 0.802. The Balaban J connectivity index is 3.08. The number of rotatable bonds is 1. The Hall–Kier alpha value is -0.450. The van der Waals surface area contributed by atoms with Gasteiger partial charge in [-0.1, -0.05) is 29.3 Å². The predicted octanol–water partition coefficient (Wildman–Crippen LogP) is 3.56. The Morgan fingerprint density at radius 3 is 2.21 bits per heavy atom. The molecule has 0 saturated heterocycles. The summed E-state index contributed by atoms with van der Waals surface area (Å²) < 4.78 is 36.6. The highest BCUT2D eigenvalue weighted by Crippen LogP contribution is 2.34. The molecule has 0 aromatic heterocycles. The highest BCUT2D eigenvalue weighted by molar-refractivity contribution is 6.35. The summed E-state index contributed by atoms with van der Waals surface area (Å²) >= 11 is 11.1. The van der Waals surface area contributed by atoms with Gasteiger partial charge in [0, 0.05) is 10.0 Å². The van der Waals surface area contributed by atoms with Crippen LogP contribution in [0.25, 0.3) is 0 Å². The molecule has 14 heavy (non-hydrogen) atoms. The smallest absolute Gasteiger partial charge is 0.316 e. The van der Waals surface area contributed by atoms with Gasteiger partial charge < -0.3 is 5.73 Å². The van der Waals surface area contributed by atoms with Crippen molar-refractivity contribution < 1.29 is 13.2 Å². The summed E-state index contributed by atoms with van der Waals surface area (Å²) in [5.41, 5.74) is 4.79. The van der Waals surface area contributed by atoms with E-state index in [2.05, 4.69) is 0 Å². The number of hydrogen-bond acceptors (Lipinski definition) is 1. The molecule has 1 nitrogen and oxygen atoms in total. The fourth-order valence-corrected chi connectivity index (χ4v) is 1.46. The molecule has 1 aromatic rings. The normalized spacial score (nSPS) is 14.1. The number of alkyl halides is 3. The van der Waals surface area contributed by atoms with E-state index in [-0.39, 0.29) is 15.6 Å². The van der Waals surface area contributed by atoms with Gasteiger partial charge in [-0.2, -0.15) is 13.2 Å². The van der Waals surface area contributed by atoms with Crippen molar-refractivity contribution in [3.05, 3.63) is 33.8 Å². The maximum absolute atomic E-state index is 12.2. The predicted molar refractivity (Wildman–Crippen MR) is 49.4 cm³/mol. The van der Waals surface area contributed by atoms with E-state index in [1.807, 2.05) is 0 Å². The van der Waals surface area contributed by atoms with Gasteiger partial charge in [-0.15, -0.1) is 0 Å². The zero-order valence-corrected chi connectivity index (χ0v) is 8.29. The van der Waals surface area contributed by atoms with Gasteiger partial charge in [0.25, 0.3) is 0 Å². The molecule has 0 unspecified atom stereocenters. The monoisotopic (exact) mass is 243 g/mol. The van der Waals surface area contributed by atoms with E-state index in [1.165, 1.54) is 18.2 Å². The summed E-state index contributed by atoms with van der Waals surface area (Å²) in [6, 6.07) is 1.63. The molecule has 0 saturated carbocycles. The van der Waals surface area contributed by atoms with E-state index >= 15 is 0 Å². The van der Waals surface area contributed by atoms with Crippen molar-refractivity contribution in [3.8, 4) is 0 Å². The van der Waals surface area contributed by atoms with Gasteiger partial charge in [0.1, 0.15) is 6.04 Å². The molecule has 1 aromatic carbocycles. The van der Waals surface area contributed by atoms with Crippen LogP contribution in [0, 0.1) is 0 Å². The van der Waals surface area contributed by atoms with Crippen molar-refractivity contribution in [2.45, 2.75) is 12.2 Å². The molecule has 1 atom stereocenters. The van der Waals surface area contributed by atoms with Crippen LogP contribution in [0.2, 0.25) is 10.0 Å². The molecular weight excluding hydrogens is 238 g/mol. The zero-order valence-electron chi connectivity index (χ0n) is 6.78. The summed E-state index contributed by atoms with van der Waals surface area (Å²) in [5, 5.41) is 0.190. The molecule has 0 heterocycles. The lowest BCUT2D eigenvalue weighted by molar-refractivity contribution is -0.149. The standard InChI is InChI=1S/C8H6Cl2F3N/c9-4-1-2-5(6(10)3-4)7(14)8(11,12)13/h1-3,7H,14H2/t7-/m1/s1. The Morgan fingerprint density at radius 2 is 1.79 bits per heavy atom. The molecule has 6 heteroatoms. The van der Waals surface area contributed by atoms with E-state index in [1.54, 1.807) is 0 Å². The van der Waals surface area contributed by atoms with E-state index in [0.29, 0.717) is 0 Å². The van der Waals surface area contributed by atoms with Crippen molar-refractivity contribution in [1.82, 2.24) is 0 Å². The van der Waals surface area contributed by atoms with Gasteiger partial charge in [-0.25, -0.2) is 0 Å². The van der Waals surface area contributed by atoms with Crippen molar-refractivity contribution in [2.75, 3.05) is 0 Å². The molecule has 0 bridgehead atoms. The summed E-state index contributed by atoms with van der Waals surface area (Å²) in [6.45, 7) is 0. The first-order chi connectivity index (χ1) is 6.32. The first-order valence-electron chi connectivity index (χ1n) is 3.59. The first kappa shape index (κ1) is 11.6. The average Bonchev–Trinajstić information content (AvgIpc) is 2.01. The second-order valence-electron chi connectivity index (χ2n) is 2.69. The van der Waals surface area contributed by atoms with Crippen molar-refractivity contribution >= 4 is 23.2 Å². The third-order valence-corrected chi connectivity index (χ3v) is 2.21. The number of halogens is 5. The fraction of sp³-hybridized carbons (Fsp3) is 0.250. The highest BCUT2D eigenvalue weighted by Gasteiger charge is 2.38. The van der Waals surface area contributed by atoms with Crippen LogP contribution in [0.15, 0.2) is 18.2 Å². The average molecular weight is 244 g/mol. The van der Waals surface area contributed by atoms with E-state index in [9.17, 15) is 13.2 Å². The van der Waals surface area contributed by atoms with Crippen molar-refractivity contribution in [3.63, 3.8) is 0 Å². The second kappa shape index (κ2) is 3.96. The van der Waals surface area contributed by atoms with Crippen LogP contribution >= 0.6 is 23.2 Å². The van der Waals surface area contributed by atoms with Crippen LogP contribution in [0.3, 0.4) is 0 Å². The van der Waals surface area contributed by atoms with Gasteiger partial charge in [0.05, 0.1) is 0 Å².